The standard InChI is InChI=1S/C13H11NO2S/c15-9-10-3-1-4-11(7-10)14-13(16)8-12-5-2-6-17-12/h1-7,9H,8H2,(H,14,16). The maximum absolute atomic E-state index is 11.7. The third kappa shape index (κ3) is 3.26. The zero-order chi connectivity index (χ0) is 12.1. The van der Waals surface area contributed by atoms with Gasteiger partial charge in [0.25, 0.3) is 0 Å². The number of carbonyl (C=O) groups is 2. The molecule has 0 aliphatic carbocycles. The van der Waals surface area contributed by atoms with Gasteiger partial charge in [-0.15, -0.1) is 11.3 Å². The predicted octanol–water partition coefficient (Wildman–Crippen LogP) is 2.74. The Hall–Kier alpha value is -1.94. The summed E-state index contributed by atoms with van der Waals surface area (Å²) >= 11 is 1.55. The molecule has 0 fully saturated rings. The van der Waals surface area contributed by atoms with Gasteiger partial charge in [0.05, 0.1) is 6.42 Å². The van der Waals surface area contributed by atoms with E-state index in [1.807, 2.05) is 17.5 Å². The smallest absolute Gasteiger partial charge is 0.229 e. The summed E-state index contributed by atoms with van der Waals surface area (Å²) in [5.41, 5.74) is 1.20. The molecule has 1 aromatic carbocycles. The Labute approximate surface area is 103 Å². The Kier molecular flexibility index (Phi) is 3.67. The van der Waals surface area contributed by atoms with Crippen molar-refractivity contribution in [3.63, 3.8) is 0 Å². The van der Waals surface area contributed by atoms with Gasteiger partial charge >= 0.3 is 0 Å². The van der Waals surface area contributed by atoms with E-state index in [9.17, 15) is 9.59 Å². The second-order valence-electron chi connectivity index (χ2n) is 3.55. The van der Waals surface area contributed by atoms with Crippen LogP contribution in [0, 0.1) is 0 Å². The summed E-state index contributed by atoms with van der Waals surface area (Å²) in [7, 11) is 0. The van der Waals surface area contributed by atoms with Crippen LogP contribution < -0.4 is 5.32 Å². The molecule has 1 amide bonds. The van der Waals surface area contributed by atoms with E-state index in [1.165, 1.54) is 0 Å². The molecular weight excluding hydrogens is 234 g/mol. The molecule has 0 atom stereocenters. The quantitative estimate of drug-likeness (QED) is 0.842. The number of rotatable bonds is 4. The second-order valence-corrected chi connectivity index (χ2v) is 4.58. The zero-order valence-electron chi connectivity index (χ0n) is 9.05. The number of amides is 1. The summed E-state index contributed by atoms with van der Waals surface area (Å²) < 4.78 is 0. The van der Waals surface area contributed by atoms with E-state index < -0.39 is 0 Å². The van der Waals surface area contributed by atoms with Gasteiger partial charge in [0.1, 0.15) is 6.29 Å². The summed E-state index contributed by atoms with van der Waals surface area (Å²) in [5, 5.41) is 4.70. The molecule has 0 saturated carbocycles. The second kappa shape index (κ2) is 5.41. The summed E-state index contributed by atoms with van der Waals surface area (Å²) in [6.07, 6.45) is 1.12. The molecule has 0 unspecified atom stereocenters. The SMILES string of the molecule is O=Cc1cccc(NC(=O)Cc2cccs2)c1. The first kappa shape index (κ1) is 11.5. The normalized spacial score (nSPS) is 9.88. The fraction of sp³-hybridized carbons (Fsp3) is 0.0769. The van der Waals surface area contributed by atoms with Gasteiger partial charge in [-0.1, -0.05) is 18.2 Å². The molecule has 0 spiro atoms. The van der Waals surface area contributed by atoms with Crippen LogP contribution in [0.15, 0.2) is 41.8 Å². The van der Waals surface area contributed by atoms with Crippen LogP contribution in [-0.4, -0.2) is 12.2 Å². The number of aldehydes is 1. The molecule has 1 aromatic heterocycles. The van der Waals surface area contributed by atoms with Crippen molar-refractivity contribution in [3.8, 4) is 0 Å². The molecule has 1 heterocycles. The number of nitrogens with one attached hydrogen (secondary N) is 1. The lowest BCUT2D eigenvalue weighted by Crippen LogP contribution is -2.13. The van der Waals surface area contributed by atoms with Crippen LogP contribution in [0.5, 0.6) is 0 Å². The molecule has 3 nitrogen and oxygen atoms in total. The van der Waals surface area contributed by atoms with Crippen molar-refractivity contribution in [1.82, 2.24) is 0 Å². The fourth-order valence-corrected chi connectivity index (χ4v) is 2.17. The van der Waals surface area contributed by atoms with Crippen molar-refractivity contribution in [3.05, 3.63) is 52.2 Å². The Bertz CT molecular complexity index is 520. The maximum atomic E-state index is 11.7. The van der Waals surface area contributed by atoms with Crippen molar-refractivity contribution < 1.29 is 9.59 Å². The molecule has 2 rings (SSSR count). The minimum absolute atomic E-state index is 0.0736. The van der Waals surface area contributed by atoms with E-state index in [0.29, 0.717) is 17.7 Å². The Morgan fingerprint density at radius 1 is 1.29 bits per heavy atom. The highest BCUT2D eigenvalue weighted by molar-refractivity contribution is 7.10. The molecule has 1 N–H and O–H groups in total. The van der Waals surface area contributed by atoms with E-state index in [2.05, 4.69) is 5.32 Å². The van der Waals surface area contributed by atoms with Crippen LogP contribution >= 0.6 is 11.3 Å². The summed E-state index contributed by atoms with van der Waals surface area (Å²) in [6, 6.07) is 10.7. The van der Waals surface area contributed by atoms with Gasteiger partial charge in [-0.05, 0) is 23.6 Å². The molecule has 0 aliphatic rings. The summed E-state index contributed by atoms with van der Waals surface area (Å²) in [4.78, 5) is 23.3. The summed E-state index contributed by atoms with van der Waals surface area (Å²) in [6.45, 7) is 0. The highest BCUT2D eigenvalue weighted by atomic mass is 32.1. The lowest BCUT2D eigenvalue weighted by Gasteiger charge is -2.04. The molecule has 0 saturated heterocycles. The first-order valence-corrected chi connectivity index (χ1v) is 6.03. The molecule has 0 radical (unpaired) electrons. The van der Waals surface area contributed by atoms with Crippen molar-refractivity contribution in [1.29, 1.82) is 0 Å². The number of hydrogen-bond donors (Lipinski definition) is 1. The van der Waals surface area contributed by atoms with Crippen LogP contribution in [0.4, 0.5) is 5.69 Å². The first-order chi connectivity index (χ1) is 8.28. The monoisotopic (exact) mass is 245 g/mol. The highest BCUT2D eigenvalue weighted by Gasteiger charge is 2.04. The van der Waals surface area contributed by atoms with Crippen molar-refractivity contribution in [2.45, 2.75) is 6.42 Å². The third-order valence-corrected chi connectivity index (χ3v) is 3.10. The van der Waals surface area contributed by atoms with Crippen molar-refractivity contribution in [2.24, 2.45) is 0 Å². The van der Waals surface area contributed by atoms with E-state index in [0.717, 1.165) is 11.2 Å². The number of benzene rings is 1. The predicted molar refractivity (Wildman–Crippen MR) is 68.5 cm³/mol. The van der Waals surface area contributed by atoms with Gasteiger partial charge in [-0.2, -0.15) is 0 Å². The molecule has 17 heavy (non-hydrogen) atoms. The Balaban J connectivity index is 2.00. The molecule has 86 valence electrons. The Morgan fingerprint density at radius 3 is 2.88 bits per heavy atom. The maximum Gasteiger partial charge on any atom is 0.229 e. The van der Waals surface area contributed by atoms with Gasteiger partial charge in [0.15, 0.2) is 0 Å². The zero-order valence-corrected chi connectivity index (χ0v) is 9.87. The van der Waals surface area contributed by atoms with E-state index >= 15 is 0 Å². The van der Waals surface area contributed by atoms with Gasteiger partial charge in [0, 0.05) is 16.1 Å². The third-order valence-electron chi connectivity index (χ3n) is 2.22. The fourth-order valence-electron chi connectivity index (χ4n) is 1.47. The average molecular weight is 245 g/mol. The molecule has 0 aliphatic heterocycles. The van der Waals surface area contributed by atoms with Crippen LogP contribution in [0.2, 0.25) is 0 Å². The number of hydrogen-bond acceptors (Lipinski definition) is 3. The lowest BCUT2D eigenvalue weighted by atomic mass is 10.2. The topological polar surface area (TPSA) is 46.2 Å². The summed E-state index contributed by atoms with van der Waals surface area (Å²) in [5.74, 6) is -0.0736. The minimum atomic E-state index is -0.0736. The van der Waals surface area contributed by atoms with Crippen molar-refractivity contribution in [2.75, 3.05) is 5.32 Å². The number of carbonyl (C=O) groups excluding carboxylic acids is 2. The van der Waals surface area contributed by atoms with Crippen LogP contribution in [0.3, 0.4) is 0 Å². The molecule has 4 heteroatoms. The average Bonchev–Trinajstić information content (AvgIpc) is 2.82. The van der Waals surface area contributed by atoms with Gasteiger partial charge < -0.3 is 5.32 Å². The first-order valence-electron chi connectivity index (χ1n) is 5.15. The van der Waals surface area contributed by atoms with Crippen molar-refractivity contribution >= 4 is 29.2 Å². The van der Waals surface area contributed by atoms with E-state index in [4.69, 9.17) is 0 Å². The minimum Gasteiger partial charge on any atom is -0.326 e. The molecular formula is C13H11NO2S. The van der Waals surface area contributed by atoms with Gasteiger partial charge in [-0.3, -0.25) is 9.59 Å². The Morgan fingerprint density at radius 2 is 2.18 bits per heavy atom. The highest BCUT2D eigenvalue weighted by Crippen LogP contribution is 2.12. The molecule has 0 bridgehead atoms. The molecule has 2 aromatic rings. The van der Waals surface area contributed by atoms with Crippen LogP contribution in [-0.2, 0) is 11.2 Å². The number of anilines is 1. The van der Waals surface area contributed by atoms with Gasteiger partial charge in [0.2, 0.25) is 5.91 Å². The van der Waals surface area contributed by atoms with E-state index in [-0.39, 0.29) is 5.91 Å². The van der Waals surface area contributed by atoms with Crippen LogP contribution in [0.25, 0.3) is 0 Å². The lowest BCUT2D eigenvalue weighted by molar-refractivity contribution is -0.115. The largest absolute Gasteiger partial charge is 0.326 e. The van der Waals surface area contributed by atoms with E-state index in [1.54, 1.807) is 35.6 Å². The van der Waals surface area contributed by atoms with Gasteiger partial charge in [-0.25, -0.2) is 0 Å². The number of thiophene rings is 1. The van der Waals surface area contributed by atoms with Crippen LogP contribution in [0.1, 0.15) is 15.2 Å².